The van der Waals surface area contributed by atoms with E-state index in [1.54, 1.807) is 23.1 Å². The summed E-state index contributed by atoms with van der Waals surface area (Å²) in [6, 6.07) is 2.68. The Morgan fingerprint density at radius 2 is 2.00 bits per heavy atom. The molecule has 1 aliphatic heterocycles. The predicted molar refractivity (Wildman–Crippen MR) is 90.8 cm³/mol. The molecule has 0 saturated carbocycles. The van der Waals surface area contributed by atoms with Crippen LogP contribution in [0.25, 0.3) is 0 Å². The molecule has 1 atom stereocenters. The summed E-state index contributed by atoms with van der Waals surface area (Å²) < 4.78 is 5.17. The van der Waals surface area contributed by atoms with Crippen molar-refractivity contribution in [1.82, 2.24) is 9.80 Å². The van der Waals surface area contributed by atoms with Crippen LogP contribution in [-0.2, 0) is 4.79 Å². The topological polar surface area (TPSA) is 74.0 Å². The second kappa shape index (κ2) is 7.66. The Bertz CT molecular complexity index is 587. The fourth-order valence-corrected chi connectivity index (χ4v) is 2.71. The van der Waals surface area contributed by atoms with Crippen molar-refractivity contribution in [1.29, 1.82) is 0 Å². The molecule has 6 nitrogen and oxygen atoms in total. The molecule has 1 saturated heterocycles. The molecule has 0 bridgehead atoms. The molecule has 2 heterocycles. The third-order valence-electron chi connectivity index (χ3n) is 3.97. The van der Waals surface area contributed by atoms with Gasteiger partial charge in [0.15, 0.2) is 5.76 Å². The summed E-state index contributed by atoms with van der Waals surface area (Å²) in [5.41, 5.74) is -0.0686. The lowest BCUT2D eigenvalue weighted by Crippen LogP contribution is -2.42. The smallest absolute Gasteiger partial charge is 0.324 e. The largest absolute Gasteiger partial charge is 0.480 e. The SMILES string of the molecule is CC(C)(C)/C=C/[C@@H](C(=O)O)N1CCCN(C(=O)c2ccco2)CC1. The fourth-order valence-electron chi connectivity index (χ4n) is 2.71. The number of hydrogen-bond acceptors (Lipinski definition) is 4. The minimum atomic E-state index is -0.860. The summed E-state index contributed by atoms with van der Waals surface area (Å²) in [5.74, 6) is -0.675. The second-order valence-corrected chi connectivity index (χ2v) is 7.17. The maximum absolute atomic E-state index is 12.4. The number of carbonyl (C=O) groups excluding carboxylic acids is 1. The van der Waals surface area contributed by atoms with Crippen LogP contribution in [0, 0.1) is 5.41 Å². The Labute approximate surface area is 142 Å². The number of amides is 1. The Hall–Kier alpha value is -2.08. The number of carboxylic acids is 1. The molecule has 0 aromatic carbocycles. The van der Waals surface area contributed by atoms with Gasteiger partial charge in [-0.2, -0.15) is 0 Å². The molecule has 1 aliphatic rings. The molecule has 6 heteroatoms. The molecule has 1 N–H and O–H groups in total. The molecule has 1 fully saturated rings. The van der Waals surface area contributed by atoms with Crippen molar-refractivity contribution in [2.45, 2.75) is 33.2 Å². The van der Waals surface area contributed by atoms with E-state index in [4.69, 9.17) is 4.42 Å². The number of aliphatic carboxylic acids is 1. The molecule has 0 unspecified atom stereocenters. The van der Waals surface area contributed by atoms with E-state index in [2.05, 4.69) is 0 Å². The van der Waals surface area contributed by atoms with Gasteiger partial charge < -0.3 is 14.4 Å². The third kappa shape index (κ3) is 4.96. The molecule has 1 aromatic rings. The number of allylic oxidation sites excluding steroid dienone is 1. The molecular weight excluding hydrogens is 308 g/mol. The van der Waals surface area contributed by atoms with Crippen LogP contribution in [0.1, 0.15) is 37.7 Å². The van der Waals surface area contributed by atoms with Crippen LogP contribution in [-0.4, -0.2) is 59.0 Å². The van der Waals surface area contributed by atoms with Crippen LogP contribution in [0.2, 0.25) is 0 Å². The van der Waals surface area contributed by atoms with E-state index >= 15 is 0 Å². The zero-order valence-corrected chi connectivity index (χ0v) is 14.6. The van der Waals surface area contributed by atoms with Gasteiger partial charge in [0.25, 0.3) is 5.91 Å². The lowest BCUT2D eigenvalue weighted by Gasteiger charge is -2.26. The van der Waals surface area contributed by atoms with Crippen LogP contribution in [0.3, 0.4) is 0 Å². The van der Waals surface area contributed by atoms with Gasteiger partial charge in [-0.3, -0.25) is 14.5 Å². The normalized spacial score (nSPS) is 18.5. The van der Waals surface area contributed by atoms with E-state index in [0.29, 0.717) is 31.9 Å². The van der Waals surface area contributed by atoms with Gasteiger partial charge in [0.05, 0.1) is 6.26 Å². The molecule has 24 heavy (non-hydrogen) atoms. The zero-order valence-electron chi connectivity index (χ0n) is 14.6. The number of carboxylic acid groups (broad SMARTS) is 1. The maximum atomic E-state index is 12.4. The Balaban J connectivity index is 2.04. The van der Waals surface area contributed by atoms with Crippen molar-refractivity contribution in [3.8, 4) is 0 Å². The summed E-state index contributed by atoms with van der Waals surface area (Å²) in [5, 5.41) is 9.55. The number of furan rings is 1. The average Bonchev–Trinajstić information content (AvgIpc) is 2.91. The van der Waals surface area contributed by atoms with Gasteiger partial charge in [0.1, 0.15) is 6.04 Å². The second-order valence-electron chi connectivity index (χ2n) is 7.17. The first kappa shape index (κ1) is 18.3. The minimum Gasteiger partial charge on any atom is -0.480 e. The third-order valence-corrected chi connectivity index (χ3v) is 3.97. The van der Waals surface area contributed by atoms with E-state index in [9.17, 15) is 14.7 Å². The zero-order chi connectivity index (χ0) is 17.7. The van der Waals surface area contributed by atoms with Gasteiger partial charge >= 0.3 is 5.97 Å². The molecule has 0 spiro atoms. The van der Waals surface area contributed by atoms with Crippen molar-refractivity contribution in [2.75, 3.05) is 26.2 Å². The monoisotopic (exact) mass is 334 g/mol. The number of carbonyl (C=O) groups is 2. The van der Waals surface area contributed by atoms with Gasteiger partial charge in [-0.1, -0.05) is 32.9 Å². The van der Waals surface area contributed by atoms with Gasteiger partial charge in [-0.15, -0.1) is 0 Å². The summed E-state index contributed by atoms with van der Waals surface area (Å²) in [6.45, 7) is 8.38. The maximum Gasteiger partial charge on any atom is 0.324 e. The standard InChI is InChI=1S/C18H26N2O4/c1-18(2,3)8-7-14(17(22)23)19-9-5-10-20(12-11-19)16(21)15-6-4-13-24-15/h4,6-8,13-14H,5,9-12H2,1-3H3,(H,22,23)/b8-7+/t14-/m0/s1. The first-order valence-corrected chi connectivity index (χ1v) is 8.27. The lowest BCUT2D eigenvalue weighted by atomic mass is 9.95. The van der Waals surface area contributed by atoms with E-state index in [0.717, 1.165) is 6.42 Å². The highest BCUT2D eigenvalue weighted by Crippen LogP contribution is 2.17. The van der Waals surface area contributed by atoms with Crippen molar-refractivity contribution < 1.29 is 19.1 Å². The highest BCUT2D eigenvalue weighted by Gasteiger charge is 2.28. The van der Waals surface area contributed by atoms with Crippen molar-refractivity contribution in [3.63, 3.8) is 0 Å². The van der Waals surface area contributed by atoms with Gasteiger partial charge in [0.2, 0.25) is 0 Å². The highest BCUT2D eigenvalue weighted by molar-refractivity contribution is 5.91. The molecule has 1 amide bonds. The predicted octanol–water partition coefficient (Wildman–Crippen LogP) is 2.48. The Morgan fingerprint density at radius 3 is 2.58 bits per heavy atom. The van der Waals surface area contributed by atoms with Crippen LogP contribution in [0.4, 0.5) is 0 Å². The summed E-state index contributed by atoms with van der Waals surface area (Å²) in [7, 11) is 0. The van der Waals surface area contributed by atoms with E-state index in [1.165, 1.54) is 6.26 Å². The van der Waals surface area contributed by atoms with Gasteiger partial charge in [0, 0.05) is 26.2 Å². The first-order chi connectivity index (χ1) is 11.3. The molecule has 0 radical (unpaired) electrons. The average molecular weight is 334 g/mol. The minimum absolute atomic E-state index is 0.0686. The fraction of sp³-hybridized carbons (Fsp3) is 0.556. The first-order valence-electron chi connectivity index (χ1n) is 8.27. The molecule has 0 aliphatic carbocycles. The number of nitrogens with zero attached hydrogens (tertiary/aromatic N) is 2. The van der Waals surface area contributed by atoms with Crippen molar-refractivity contribution >= 4 is 11.9 Å². The molecule has 1 aromatic heterocycles. The van der Waals surface area contributed by atoms with E-state index in [1.807, 2.05) is 31.7 Å². The van der Waals surface area contributed by atoms with Crippen LogP contribution < -0.4 is 0 Å². The lowest BCUT2D eigenvalue weighted by molar-refractivity contribution is -0.141. The molecule has 2 rings (SSSR count). The van der Waals surface area contributed by atoms with Gasteiger partial charge in [-0.05, 0) is 24.0 Å². The molecular formula is C18H26N2O4. The van der Waals surface area contributed by atoms with Crippen molar-refractivity contribution in [3.05, 3.63) is 36.3 Å². The van der Waals surface area contributed by atoms with Crippen LogP contribution in [0.5, 0.6) is 0 Å². The summed E-state index contributed by atoms with van der Waals surface area (Å²) >= 11 is 0. The van der Waals surface area contributed by atoms with E-state index in [-0.39, 0.29) is 11.3 Å². The van der Waals surface area contributed by atoms with E-state index < -0.39 is 12.0 Å². The quantitative estimate of drug-likeness (QED) is 0.856. The number of rotatable bonds is 4. The Morgan fingerprint density at radius 1 is 1.25 bits per heavy atom. The Kier molecular flexibility index (Phi) is 5.83. The molecule has 132 valence electrons. The summed E-state index contributed by atoms with van der Waals surface area (Å²) in [4.78, 5) is 27.7. The van der Waals surface area contributed by atoms with Crippen molar-refractivity contribution in [2.24, 2.45) is 5.41 Å². The van der Waals surface area contributed by atoms with Crippen LogP contribution >= 0.6 is 0 Å². The highest BCUT2D eigenvalue weighted by atomic mass is 16.4. The number of hydrogen-bond donors (Lipinski definition) is 1. The van der Waals surface area contributed by atoms with Gasteiger partial charge in [-0.25, -0.2) is 0 Å². The summed E-state index contributed by atoms with van der Waals surface area (Å²) in [6.07, 6.45) is 5.91. The van der Waals surface area contributed by atoms with Crippen LogP contribution in [0.15, 0.2) is 35.0 Å².